The van der Waals surface area contributed by atoms with Gasteiger partial charge in [0.15, 0.2) is 0 Å². The zero-order chi connectivity index (χ0) is 16.8. The second kappa shape index (κ2) is 5.49. The Morgan fingerprint density at radius 2 is 1.87 bits per heavy atom. The number of ether oxygens (including phenoxy) is 1. The average Bonchev–Trinajstić information content (AvgIpc) is 2.81. The van der Waals surface area contributed by atoms with Gasteiger partial charge in [-0.15, -0.1) is 0 Å². The van der Waals surface area contributed by atoms with Gasteiger partial charge in [-0.1, -0.05) is 29.8 Å². The minimum absolute atomic E-state index is 0.139. The molecule has 1 N–H and O–H groups in total. The van der Waals surface area contributed by atoms with E-state index in [9.17, 15) is 13.6 Å². The summed E-state index contributed by atoms with van der Waals surface area (Å²) in [5.74, 6) is -3.38. The Bertz CT molecular complexity index is 787. The maximum absolute atomic E-state index is 13.5. The SMILES string of the molecule is COc1cc(Cl)ccc1C1C(=O)Nc2cc(C(C)(F)F)ccc21. The number of hydrogen-bond acceptors (Lipinski definition) is 2. The van der Waals surface area contributed by atoms with Gasteiger partial charge in [0, 0.05) is 28.8 Å². The molecule has 0 spiro atoms. The number of rotatable bonds is 3. The van der Waals surface area contributed by atoms with Crippen LogP contribution in [0.2, 0.25) is 5.02 Å². The van der Waals surface area contributed by atoms with E-state index in [1.54, 1.807) is 24.3 Å². The van der Waals surface area contributed by atoms with Crippen molar-refractivity contribution in [2.45, 2.75) is 18.8 Å². The second-order valence-electron chi connectivity index (χ2n) is 5.50. The number of nitrogens with one attached hydrogen (secondary N) is 1. The quantitative estimate of drug-likeness (QED) is 0.892. The number of alkyl halides is 2. The molecule has 0 radical (unpaired) electrons. The summed E-state index contributed by atoms with van der Waals surface area (Å²) < 4.78 is 32.2. The van der Waals surface area contributed by atoms with E-state index in [4.69, 9.17) is 16.3 Å². The van der Waals surface area contributed by atoms with Crippen LogP contribution in [0.3, 0.4) is 0 Å². The Morgan fingerprint density at radius 1 is 1.17 bits per heavy atom. The maximum Gasteiger partial charge on any atom is 0.270 e. The van der Waals surface area contributed by atoms with Crippen molar-refractivity contribution >= 4 is 23.2 Å². The van der Waals surface area contributed by atoms with Crippen LogP contribution in [-0.2, 0) is 10.7 Å². The lowest BCUT2D eigenvalue weighted by Crippen LogP contribution is -2.14. The Balaban J connectivity index is 2.10. The number of methoxy groups -OCH3 is 1. The molecule has 3 nitrogen and oxygen atoms in total. The predicted molar refractivity (Wildman–Crippen MR) is 84.5 cm³/mol. The van der Waals surface area contributed by atoms with Crippen LogP contribution in [0.4, 0.5) is 14.5 Å². The number of anilines is 1. The third-order valence-electron chi connectivity index (χ3n) is 3.90. The minimum Gasteiger partial charge on any atom is -0.496 e. The van der Waals surface area contributed by atoms with Gasteiger partial charge < -0.3 is 10.1 Å². The molecule has 0 saturated carbocycles. The number of halogens is 3. The largest absolute Gasteiger partial charge is 0.496 e. The molecule has 2 aromatic carbocycles. The Morgan fingerprint density at radius 3 is 2.52 bits per heavy atom. The number of fused-ring (bicyclic) bond motifs is 1. The van der Waals surface area contributed by atoms with E-state index in [0.29, 0.717) is 27.6 Å². The van der Waals surface area contributed by atoms with Gasteiger partial charge in [0.1, 0.15) is 5.75 Å². The predicted octanol–water partition coefficient (Wildman–Crippen LogP) is 4.54. The fraction of sp³-hybridized carbons (Fsp3) is 0.235. The monoisotopic (exact) mass is 337 g/mol. The van der Waals surface area contributed by atoms with E-state index >= 15 is 0 Å². The van der Waals surface area contributed by atoms with Crippen molar-refractivity contribution in [2.75, 3.05) is 12.4 Å². The highest BCUT2D eigenvalue weighted by atomic mass is 35.5. The molecule has 0 aliphatic carbocycles. The van der Waals surface area contributed by atoms with E-state index in [1.807, 2.05) is 0 Å². The summed E-state index contributed by atoms with van der Waals surface area (Å²) >= 11 is 5.95. The van der Waals surface area contributed by atoms with Crippen molar-refractivity contribution in [1.82, 2.24) is 0 Å². The molecule has 6 heteroatoms. The van der Waals surface area contributed by atoms with Gasteiger partial charge in [0.2, 0.25) is 5.91 Å². The van der Waals surface area contributed by atoms with E-state index in [1.165, 1.54) is 19.2 Å². The third kappa shape index (κ3) is 2.77. The Labute approximate surface area is 137 Å². The Kier molecular flexibility index (Phi) is 3.76. The second-order valence-corrected chi connectivity index (χ2v) is 5.94. The first-order valence-electron chi connectivity index (χ1n) is 6.98. The first-order chi connectivity index (χ1) is 10.8. The average molecular weight is 338 g/mol. The minimum atomic E-state index is -2.96. The van der Waals surface area contributed by atoms with Crippen LogP contribution < -0.4 is 10.1 Å². The standard InChI is InChI=1S/C17H14ClF2NO2/c1-17(19,20)9-3-5-11-13(7-9)21-16(22)15(11)12-6-4-10(18)8-14(12)23-2/h3-8,15H,1-2H3,(H,21,22). The third-order valence-corrected chi connectivity index (χ3v) is 4.13. The van der Waals surface area contributed by atoms with Crippen LogP contribution in [0.1, 0.15) is 29.5 Å². The number of carbonyl (C=O) groups is 1. The zero-order valence-corrected chi connectivity index (χ0v) is 13.2. The van der Waals surface area contributed by atoms with Crippen molar-refractivity contribution in [3.8, 4) is 5.75 Å². The van der Waals surface area contributed by atoms with Gasteiger partial charge in [-0.3, -0.25) is 4.79 Å². The Hall–Kier alpha value is -2.14. The van der Waals surface area contributed by atoms with E-state index in [0.717, 1.165) is 6.92 Å². The molecule has 0 bridgehead atoms. The van der Waals surface area contributed by atoms with Gasteiger partial charge in [-0.25, -0.2) is 8.78 Å². The van der Waals surface area contributed by atoms with Crippen molar-refractivity contribution in [1.29, 1.82) is 0 Å². The molecule has 2 aromatic rings. The van der Waals surface area contributed by atoms with Crippen LogP contribution >= 0.6 is 11.6 Å². The molecule has 1 amide bonds. The van der Waals surface area contributed by atoms with Crippen molar-refractivity contribution in [3.63, 3.8) is 0 Å². The molecule has 3 rings (SSSR count). The summed E-state index contributed by atoms with van der Waals surface area (Å²) in [4.78, 5) is 12.4. The molecule has 1 aliphatic rings. The molecule has 0 fully saturated rings. The molecule has 1 unspecified atom stereocenters. The lowest BCUT2D eigenvalue weighted by Gasteiger charge is -2.15. The molecule has 120 valence electrons. The zero-order valence-electron chi connectivity index (χ0n) is 12.5. The van der Waals surface area contributed by atoms with Crippen LogP contribution in [0.25, 0.3) is 0 Å². The van der Waals surface area contributed by atoms with Gasteiger partial charge in [0.05, 0.1) is 13.0 Å². The summed E-state index contributed by atoms with van der Waals surface area (Å²) in [6.45, 7) is 0.825. The highest BCUT2D eigenvalue weighted by molar-refractivity contribution is 6.30. The van der Waals surface area contributed by atoms with E-state index in [2.05, 4.69) is 5.32 Å². The summed E-state index contributed by atoms with van der Waals surface area (Å²) in [5.41, 5.74) is 1.55. The fourth-order valence-corrected chi connectivity index (χ4v) is 2.93. The van der Waals surface area contributed by atoms with Crippen LogP contribution in [0, 0.1) is 0 Å². The topological polar surface area (TPSA) is 38.3 Å². The lowest BCUT2D eigenvalue weighted by atomic mass is 9.91. The van der Waals surface area contributed by atoms with Gasteiger partial charge >= 0.3 is 0 Å². The van der Waals surface area contributed by atoms with Gasteiger partial charge in [-0.2, -0.15) is 0 Å². The van der Waals surface area contributed by atoms with E-state index < -0.39 is 11.8 Å². The van der Waals surface area contributed by atoms with Crippen molar-refractivity contribution in [2.24, 2.45) is 0 Å². The molecular formula is C17H14ClF2NO2. The van der Waals surface area contributed by atoms with Crippen LogP contribution in [-0.4, -0.2) is 13.0 Å². The molecule has 1 heterocycles. The molecule has 0 saturated heterocycles. The summed E-state index contributed by atoms with van der Waals surface area (Å²) in [5, 5.41) is 3.15. The van der Waals surface area contributed by atoms with Gasteiger partial charge in [0.25, 0.3) is 5.92 Å². The van der Waals surface area contributed by atoms with Crippen LogP contribution in [0.5, 0.6) is 5.75 Å². The number of amides is 1. The highest BCUT2D eigenvalue weighted by Gasteiger charge is 2.35. The number of hydrogen-bond donors (Lipinski definition) is 1. The molecule has 0 aromatic heterocycles. The van der Waals surface area contributed by atoms with Crippen molar-refractivity contribution in [3.05, 3.63) is 58.1 Å². The summed E-state index contributed by atoms with van der Waals surface area (Å²) in [7, 11) is 1.49. The van der Waals surface area contributed by atoms with Gasteiger partial charge in [-0.05, 0) is 23.8 Å². The van der Waals surface area contributed by atoms with Crippen LogP contribution in [0.15, 0.2) is 36.4 Å². The first-order valence-corrected chi connectivity index (χ1v) is 7.35. The first kappa shape index (κ1) is 15.7. The van der Waals surface area contributed by atoms with Crippen molar-refractivity contribution < 1.29 is 18.3 Å². The fourth-order valence-electron chi connectivity index (χ4n) is 2.77. The number of benzene rings is 2. The summed E-state index contributed by atoms with van der Waals surface area (Å²) in [6.07, 6.45) is 0. The molecule has 1 aliphatic heterocycles. The maximum atomic E-state index is 13.5. The lowest BCUT2D eigenvalue weighted by molar-refractivity contribution is -0.116. The van der Waals surface area contributed by atoms with E-state index in [-0.39, 0.29) is 11.5 Å². The molecule has 23 heavy (non-hydrogen) atoms. The smallest absolute Gasteiger partial charge is 0.270 e. The molecule has 1 atom stereocenters. The molecular weight excluding hydrogens is 324 g/mol. The normalized spacial score (nSPS) is 16.9. The summed E-state index contributed by atoms with van der Waals surface area (Å²) in [6, 6.07) is 9.21. The number of carbonyl (C=O) groups excluding carboxylic acids is 1. The highest BCUT2D eigenvalue weighted by Crippen LogP contribution is 2.43.